The third-order valence-corrected chi connectivity index (χ3v) is 4.10. The van der Waals surface area contributed by atoms with Gasteiger partial charge in [-0.1, -0.05) is 24.3 Å². The van der Waals surface area contributed by atoms with Crippen LogP contribution in [0.3, 0.4) is 0 Å². The second-order valence-electron chi connectivity index (χ2n) is 6.03. The predicted octanol–water partition coefficient (Wildman–Crippen LogP) is 1.26. The number of rotatable bonds is 6. The summed E-state index contributed by atoms with van der Waals surface area (Å²) in [6.07, 6.45) is 1.58. The summed E-state index contributed by atoms with van der Waals surface area (Å²) < 4.78 is 5.84. The summed E-state index contributed by atoms with van der Waals surface area (Å²) in [5.41, 5.74) is 3.03. The van der Waals surface area contributed by atoms with Crippen molar-refractivity contribution < 1.29 is 19.5 Å². The number of amides is 2. The Morgan fingerprint density at radius 1 is 1.22 bits per heavy atom. The van der Waals surface area contributed by atoms with Gasteiger partial charge in [0.1, 0.15) is 11.9 Å². The second kappa shape index (κ2) is 8.43. The minimum atomic E-state index is -0.593. The first-order chi connectivity index (χ1) is 13.1. The van der Waals surface area contributed by atoms with Crippen molar-refractivity contribution in [2.75, 3.05) is 20.1 Å². The minimum Gasteiger partial charge on any atom is -0.487 e. The van der Waals surface area contributed by atoms with Crippen LogP contribution in [0, 0.1) is 0 Å². The lowest BCUT2D eigenvalue weighted by Gasteiger charge is -2.28. The van der Waals surface area contributed by atoms with E-state index in [-0.39, 0.29) is 12.0 Å². The first-order valence-electron chi connectivity index (χ1n) is 8.41. The molecule has 0 radical (unpaired) electrons. The fourth-order valence-corrected chi connectivity index (χ4v) is 2.44. The molecule has 1 aliphatic heterocycles. The highest BCUT2D eigenvalue weighted by Gasteiger charge is 2.22. The molecule has 2 aromatic carbocycles. The first-order valence-corrected chi connectivity index (χ1v) is 8.41. The molecular weight excluding hydrogens is 348 g/mol. The quantitative estimate of drug-likeness (QED) is 0.405. The summed E-state index contributed by atoms with van der Waals surface area (Å²) in [6.45, 7) is 1.53. The molecule has 0 saturated carbocycles. The summed E-state index contributed by atoms with van der Waals surface area (Å²) in [6, 6.07) is 13.5. The lowest BCUT2D eigenvalue weighted by molar-refractivity contribution is 0.0706. The number of carbonyl (C=O) groups is 2. The van der Waals surface area contributed by atoms with Crippen LogP contribution in [0.2, 0.25) is 0 Å². The molecule has 0 atom stereocenters. The molecule has 0 bridgehead atoms. The van der Waals surface area contributed by atoms with Crippen molar-refractivity contribution in [3.05, 3.63) is 65.2 Å². The van der Waals surface area contributed by atoms with E-state index < -0.39 is 5.91 Å². The molecule has 0 aliphatic carbocycles. The van der Waals surface area contributed by atoms with E-state index in [0.29, 0.717) is 22.4 Å². The van der Waals surface area contributed by atoms with E-state index >= 15 is 0 Å². The molecule has 27 heavy (non-hydrogen) atoms. The van der Waals surface area contributed by atoms with Gasteiger partial charge in [0.05, 0.1) is 11.8 Å². The maximum absolute atomic E-state index is 12.7. The van der Waals surface area contributed by atoms with E-state index in [0.717, 1.165) is 13.1 Å². The minimum absolute atomic E-state index is 0.0717. The van der Waals surface area contributed by atoms with Gasteiger partial charge < -0.3 is 10.1 Å². The van der Waals surface area contributed by atoms with Crippen molar-refractivity contribution in [1.82, 2.24) is 15.8 Å². The van der Waals surface area contributed by atoms with E-state index in [1.54, 1.807) is 55.0 Å². The van der Waals surface area contributed by atoms with E-state index in [4.69, 9.17) is 9.94 Å². The van der Waals surface area contributed by atoms with Crippen molar-refractivity contribution in [2.45, 2.75) is 6.10 Å². The molecule has 1 fully saturated rings. The van der Waals surface area contributed by atoms with Crippen molar-refractivity contribution in [3.8, 4) is 5.75 Å². The molecule has 0 unspecified atom stereocenters. The fourth-order valence-electron chi connectivity index (χ4n) is 2.44. The van der Waals surface area contributed by atoms with E-state index in [9.17, 15) is 9.59 Å². The molecule has 140 valence electrons. The summed E-state index contributed by atoms with van der Waals surface area (Å²) in [5.74, 6) is -0.343. The highest BCUT2D eigenvalue weighted by atomic mass is 16.5. The Labute approximate surface area is 156 Å². The Morgan fingerprint density at radius 3 is 2.56 bits per heavy atom. The topological polar surface area (TPSA) is 103 Å². The number of hydrogen-bond acceptors (Lipinski definition) is 6. The monoisotopic (exact) mass is 368 g/mol. The fraction of sp³-hybridized carbons (Fsp3) is 0.211. The molecule has 0 spiro atoms. The Balaban J connectivity index is 1.68. The van der Waals surface area contributed by atoms with Gasteiger partial charge in [-0.3, -0.25) is 14.8 Å². The maximum atomic E-state index is 12.7. The van der Waals surface area contributed by atoms with Crippen LogP contribution < -0.4 is 15.5 Å². The van der Waals surface area contributed by atoms with E-state index in [1.165, 1.54) is 11.2 Å². The van der Waals surface area contributed by atoms with Crippen LogP contribution in [0.4, 0.5) is 0 Å². The zero-order valence-electron chi connectivity index (χ0n) is 14.8. The number of para-hydroxylation sites is 1. The van der Waals surface area contributed by atoms with Gasteiger partial charge in [0.15, 0.2) is 0 Å². The Kier molecular flexibility index (Phi) is 5.80. The lowest BCUT2D eigenvalue weighted by Crippen LogP contribution is -2.50. The standard InChI is InChI=1S/C19H20N4O4/c1-23(21-10-13-6-8-14(9-7-13)18(24)22-26)19(25)16-4-2-3-5-17(16)27-15-11-20-12-15/h2-10,15,20,26H,11-12H2,1H3,(H,22,24). The van der Waals surface area contributed by atoms with Crippen LogP contribution in [0.1, 0.15) is 26.3 Å². The molecule has 0 aromatic heterocycles. The van der Waals surface area contributed by atoms with E-state index in [1.807, 2.05) is 6.07 Å². The van der Waals surface area contributed by atoms with Crippen LogP contribution >= 0.6 is 0 Å². The lowest BCUT2D eigenvalue weighted by atomic mass is 10.1. The van der Waals surface area contributed by atoms with Crippen LogP contribution in [0.25, 0.3) is 0 Å². The van der Waals surface area contributed by atoms with Gasteiger partial charge in [-0.2, -0.15) is 5.10 Å². The highest BCUT2D eigenvalue weighted by Crippen LogP contribution is 2.22. The van der Waals surface area contributed by atoms with Gasteiger partial charge in [-0.15, -0.1) is 0 Å². The molecule has 1 aliphatic rings. The van der Waals surface area contributed by atoms with E-state index in [2.05, 4.69) is 10.4 Å². The van der Waals surface area contributed by atoms with Gasteiger partial charge in [0, 0.05) is 25.7 Å². The van der Waals surface area contributed by atoms with Gasteiger partial charge in [0.25, 0.3) is 11.8 Å². The van der Waals surface area contributed by atoms with Crippen molar-refractivity contribution in [3.63, 3.8) is 0 Å². The average Bonchev–Trinajstić information content (AvgIpc) is 2.68. The number of nitrogens with zero attached hydrogens (tertiary/aromatic N) is 2. The third kappa shape index (κ3) is 4.49. The smallest absolute Gasteiger partial charge is 0.277 e. The molecule has 8 heteroatoms. The molecule has 1 saturated heterocycles. The number of hydrogen-bond donors (Lipinski definition) is 3. The molecule has 2 amide bonds. The summed E-state index contributed by atoms with van der Waals surface area (Å²) in [7, 11) is 1.56. The molecule has 1 heterocycles. The Hall–Kier alpha value is -3.23. The molecular formula is C19H20N4O4. The SMILES string of the molecule is CN(N=Cc1ccc(C(=O)NO)cc1)C(=O)c1ccccc1OC1CNC1. The van der Waals surface area contributed by atoms with Crippen molar-refractivity contribution in [2.24, 2.45) is 5.10 Å². The van der Waals surface area contributed by atoms with Crippen molar-refractivity contribution in [1.29, 1.82) is 0 Å². The van der Waals surface area contributed by atoms with Gasteiger partial charge in [0.2, 0.25) is 0 Å². The Morgan fingerprint density at radius 2 is 1.93 bits per heavy atom. The highest BCUT2D eigenvalue weighted by molar-refractivity contribution is 5.97. The summed E-state index contributed by atoms with van der Waals surface area (Å²) in [5, 5.41) is 17.1. The van der Waals surface area contributed by atoms with Crippen LogP contribution in [-0.4, -0.2) is 54.5 Å². The van der Waals surface area contributed by atoms with Crippen LogP contribution in [0.15, 0.2) is 53.6 Å². The van der Waals surface area contributed by atoms with Crippen LogP contribution in [0.5, 0.6) is 5.75 Å². The molecule has 2 aromatic rings. The number of nitrogens with one attached hydrogen (secondary N) is 2. The van der Waals surface area contributed by atoms with Crippen LogP contribution in [-0.2, 0) is 0 Å². The molecule has 3 N–H and O–H groups in total. The molecule has 3 rings (SSSR count). The first kappa shape index (κ1) is 18.6. The summed E-state index contributed by atoms with van der Waals surface area (Å²) in [4.78, 5) is 24.0. The number of hydrazone groups is 1. The number of benzene rings is 2. The predicted molar refractivity (Wildman–Crippen MR) is 99.1 cm³/mol. The number of hydroxylamine groups is 1. The second-order valence-corrected chi connectivity index (χ2v) is 6.03. The largest absolute Gasteiger partial charge is 0.487 e. The Bertz CT molecular complexity index is 847. The zero-order valence-corrected chi connectivity index (χ0v) is 14.8. The normalized spacial score (nSPS) is 13.9. The molecule has 8 nitrogen and oxygen atoms in total. The average molecular weight is 368 g/mol. The van der Waals surface area contributed by atoms with Crippen molar-refractivity contribution >= 4 is 18.0 Å². The maximum Gasteiger partial charge on any atom is 0.277 e. The zero-order chi connectivity index (χ0) is 19.2. The number of ether oxygens (including phenoxy) is 1. The summed E-state index contributed by atoms with van der Waals surface area (Å²) >= 11 is 0. The third-order valence-electron chi connectivity index (χ3n) is 4.10. The number of carbonyl (C=O) groups excluding carboxylic acids is 2. The van der Waals surface area contributed by atoms with Gasteiger partial charge in [-0.05, 0) is 29.8 Å². The van der Waals surface area contributed by atoms with Gasteiger partial charge >= 0.3 is 0 Å². The van der Waals surface area contributed by atoms with Gasteiger partial charge in [-0.25, -0.2) is 10.5 Å².